The molecule has 1 saturated carbocycles. The summed E-state index contributed by atoms with van der Waals surface area (Å²) in [5.74, 6) is -1.40. The molecule has 0 spiro atoms. The van der Waals surface area contributed by atoms with Crippen molar-refractivity contribution in [3.05, 3.63) is 60.7 Å². The normalized spacial score (nSPS) is 26.9. The van der Waals surface area contributed by atoms with E-state index in [9.17, 15) is 14.7 Å². The molecule has 0 bridgehead atoms. The van der Waals surface area contributed by atoms with Gasteiger partial charge in [-0.25, -0.2) is 0 Å². The van der Waals surface area contributed by atoms with Gasteiger partial charge >= 0.3 is 5.97 Å². The average Bonchev–Trinajstić information content (AvgIpc) is 3.11. The second kappa shape index (κ2) is 11.4. The summed E-state index contributed by atoms with van der Waals surface area (Å²) in [6, 6.07) is 20.1. The summed E-state index contributed by atoms with van der Waals surface area (Å²) < 4.78 is 18.9. The zero-order valence-corrected chi connectivity index (χ0v) is 22.7. The number of carbonyl (C=O) groups excluding carboxylic acids is 1. The number of ketones is 1. The van der Waals surface area contributed by atoms with E-state index >= 15 is 0 Å². The van der Waals surface area contributed by atoms with Crippen LogP contribution in [0.15, 0.2) is 60.7 Å². The quantitative estimate of drug-likeness (QED) is 0.520. The maximum absolute atomic E-state index is 13.8. The number of carboxylic acids is 1. The number of carboxylic acid groups (broad SMARTS) is 1. The Balaban J connectivity index is 1.67. The van der Waals surface area contributed by atoms with E-state index in [4.69, 9.17) is 13.9 Å². The van der Waals surface area contributed by atoms with Crippen LogP contribution in [0, 0.1) is 16.7 Å². The molecule has 1 heterocycles. The van der Waals surface area contributed by atoms with Gasteiger partial charge in [-0.1, -0.05) is 81.4 Å². The lowest BCUT2D eigenvalue weighted by Gasteiger charge is -2.44. The highest BCUT2D eigenvalue weighted by atomic mass is 28.3. The topological polar surface area (TPSA) is 82.1 Å². The third-order valence-corrected chi connectivity index (χ3v) is 9.97. The summed E-state index contributed by atoms with van der Waals surface area (Å²) in [5.41, 5.74) is -1.54. The Morgan fingerprint density at radius 2 is 1.67 bits per heavy atom. The monoisotopic (exact) mass is 510 g/mol. The first-order valence-electron chi connectivity index (χ1n) is 12.9. The number of Topliss-reactive ketones (excluding diaryl/α,β-unsaturated/α-hetero) is 1. The van der Waals surface area contributed by atoms with Crippen LogP contribution in [-0.2, 0) is 23.5 Å². The highest BCUT2D eigenvalue weighted by molar-refractivity contribution is 6.80. The molecule has 1 saturated heterocycles. The zero-order chi connectivity index (χ0) is 25.8. The summed E-state index contributed by atoms with van der Waals surface area (Å²) in [6.45, 7) is 6.90. The van der Waals surface area contributed by atoms with Gasteiger partial charge in [-0.15, -0.1) is 0 Å². The lowest BCUT2D eigenvalue weighted by atomic mass is 9.63. The largest absolute Gasteiger partial charge is 0.481 e. The fraction of sp³-hybridized carbons (Fsp3) is 0.517. The van der Waals surface area contributed by atoms with E-state index in [0.717, 1.165) is 29.6 Å². The standard InChI is InChI=1S/C29H38O6Si/c1-28(2,3)27-23(35-26-16-10-11-17-33-26)18-24(30)29(27,19-25(31)32)20-34-36(21-12-6-4-7-13-21)22-14-8-5-9-15-22/h4-9,12-15,23,26-27,36H,10-11,16-20H2,1-3H3,(H,31,32)/t23-,26?,27+,29-/m1/s1. The molecule has 2 aliphatic rings. The predicted octanol–water partition coefficient (Wildman–Crippen LogP) is 3.55. The van der Waals surface area contributed by atoms with Crippen LogP contribution in [0.5, 0.6) is 0 Å². The van der Waals surface area contributed by atoms with Gasteiger partial charge in [-0.2, -0.15) is 0 Å². The van der Waals surface area contributed by atoms with Crippen LogP contribution in [-0.4, -0.2) is 51.5 Å². The van der Waals surface area contributed by atoms with Gasteiger partial charge in [0.05, 0.1) is 17.9 Å². The van der Waals surface area contributed by atoms with Crippen molar-refractivity contribution < 1.29 is 28.6 Å². The summed E-state index contributed by atoms with van der Waals surface area (Å²) in [5, 5.41) is 12.2. The minimum atomic E-state index is -2.17. The van der Waals surface area contributed by atoms with E-state index < -0.39 is 26.5 Å². The molecular formula is C29H38O6Si. The van der Waals surface area contributed by atoms with E-state index in [1.165, 1.54) is 0 Å². The van der Waals surface area contributed by atoms with Crippen molar-refractivity contribution in [2.45, 2.75) is 65.3 Å². The summed E-state index contributed by atoms with van der Waals surface area (Å²) in [6.07, 6.45) is 1.98. The molecule has 4 rings (SSSR count). The second-order valence-electron chi connectivity index (χ2n) is 11.2. The lowest BCUT2D eigenvalue weighted by molar-refractivity contribution is -0.207. The Morgan fingerprint density at radius 1 is 1.06 bits per heavy atom. The molecular weight excluding hydrogens is 472 g/mol. The van der Waals surface area contributed by atoms with Crippen LogP contribution < -0.4 is 10.4 Å². The molecule has 194 valence electrons. The van der Waals surface area contributed by atoms with Gasteiger partial charge < -0.3 is 19.0 Å². The van der Waals surface area contributed by atoms with Gasteiger partial charge in [0.15, 0.2) is 6.29 Å². The van der Waals surface area contributed by atoms with Gasteiger partial charge in [0.25, 0.3) is 0 Å². The highest BCUT2D eigenvalue weighted by Crippen LogP contribution is 2.53. The number of benzene rings is 2. The number of hydrogen-bond acceptors (Lipinski definition) is 5. The molecule has 1 aliphatic heterocycles. The predicted molar refractivity (Wildman–Crippen MR) is 141 cm³/mol. The molecule has 2 fully saturated rings. The molecule has 1 N–H and O–H groups in total. The van der Waals surface area contributed by atoms with Crippen molar-refractivity contribution in [3.63, 3.8) is 0 Å². The number of carbonyl (C=O) groups is 2. The van der Waals surface area contributed by atoms with Crippen molar-refractivity contribution in [2.24, 2.45) is 16.7 Å². The highest BCUT2D eigenvalue weighted by Gasteiger charge is 2.60. The molecule has 1 unspecified atom stereocenters. The molecule has 2 aromatic carbocycles. The lowest BCUT2D eigenvalue weighted by Crippen LogP contribution is -2.52. The van der Waals surface area contributed by atoms with Gasteiger partial charge in [0.2, 0.25) is 9.04 Å². The maximum atomic E-state index is 13.8. The Hall–Kier alpha value is -2.32. The summed E-state index contributed by atoms with van der Waals surface area (Å²) in [4.78, 5) is 26.0. The van der Waals surface area contributed by atoms with Crippen molar-refractivity contribution in [3.8, 4) is 0 Å². The van der Waals surface area contributed by atoms with Crippen LogP contribution in [0.25, 0.3) is 0 Å². The van der Waals surface area contributed by atoms with E-state index in [1.807, 2.05) is 36.4 Å². The first-order valence-corrected chi connectivity index (χ1v) is 14.6. The third kappa shape index (κ3) is 5.97. The number of aliphatic carboxylic acids is 1. The first-order chi connectivity index (χ1) is 17.2. The Kier molecular flexibility index (Phi) is 8.45. The van der Waals surface area contributed by atoms with Crippen LogP contribution in [0.4, 0.5) is 0 Å². The Bertz CT molecular complexity index is 976. The van der Waals surface area contributed by atoms with Gasteiger partial charge in [0.1, 0.15) is 5.78 Å². The van der Waals surface area contributed by atoms with Crippen molar-refractivity contribution >= 4 is 31.2 Å². The number of ether oxygens (including phenoxy) is 2. The number of hydrogen-bond donors (Lipinski definition) is 1. The van der Waals surface area contributed by atoms with Crippen molar-refractivity contribution in [2.75, 3.05) is 13.2 Å². The summed E-state index contributed by atoms with van der Waals surface area (Å²) >= 11 is 0. The number of rotatable bonds is 9. The first kappa shape index (κ1) is 26.7. The molecule has 4 atom stereocenters. The molecule has 7 heteroatoms. The van der Waals surface area contributed by atoms with Crippen LogP contribution in [0.2, 0.25) is 0 Å². The van der Waals surface area contributed by atoms with Crippen LogP contribution in [0.3, 0.4) is 0 Å². The second-order valence-corrected chi connectivity index (χ2v) is 13.6. The fourth-order valence-corrected chi connectivity index (χ4v) is 8.51. The van der Waals surface area contributed by atoms with Crippen LogP contribution in [0.1, 0.15) is 52.9 Å². The fourth-order valence-electron chi connectivity index (χ4n) is 6.13. The molecule has 2 aromatic rings. The third-order valence-electron chi connectivity index (χ3n) is 7.49. The molecule has 1 aliphatic carbocycles. The average molecular weight is 511 g/mol. The van der Waals surface area contributed by atoms with Crippen molar-refractivity contribution in [1.82, 2.24) is 0 Å². The minimum absolute atomic E-state index is 0.0616. The van der Waals surface area contributed by atoms with E-state index in [-0.39, 0.29) is 42.9 Å². The zero-order valence-electron chi connectivity index (χ0n) is 21.5. The van der Waals surface area contributed by atoms with Crippen molar-refractivity contribution in [1.29, 1.82) is 0 Å². The van der Waals surface area contributed by atoms with E-state index in [1.54, 1.807) is 0 Å². The van der Waals surface area contributed by atoms with Gasteiger partial charge in [-0.3, -0.25) is 9.59 Å². The molecule has 0 radical (unpaired) electrons. The SMILES string of the molecule is CC(C)(C)[C@@H]1[C@H](OC2CCCCO2)CC(=O)[C@]1(CO[SiH](c1ccccc1)c1ccccc1)CC(=O)O. The maximum Gasteiger partial charge on any atom is 0.304 e. The molecule has 36 heavy (non-hydrogen) atoms. The Morgan fingerprint density at radius 3 is 2.17 bits per heavy atom. The molecule has 0 aromatic heterocycles. The van der Waals surface area contributed by atoms with E-state index in [2.05, 4.69) is 45.0 Å². The van der Waals surface area contributed by atoms with Gasteiger partial charge in [-0.05, 0) is 35.1 Å². The smallest absolute Gasteiger partial charge is 0.304 e. The molecule has 0 amide bonds. The Labute approximate surface area is 215 Å². The molecule has 6 nitrogen and oxygen atoms in total. The van der Waals surface area contributed by atoms with Gasteiger partial charge in [0, 0.05) is 25.6 Å². The minimum Gasteiger partial charge on any atom is -0.481 e. The van der Waals surface area contributed by atoms with Crippen LogP contribution >= 0.6 is 0 Å². The van der Waals surface area contributed by atoms with E-state index in [0.29, 0.717) is 6.61 Å². The summed E-state index contributed by atoms with van der Waals surface area (Å²) in [7, 11) is -2.17.